The summed E-state index contributed by atoms with van der Waals surface area (Å²) in [7, 11) is 0. The Morgan fingerprint density at radius 3 is 2.76 bits per heavy atom. The minimum atomic E-state index is -2.86. The number of hydrogen-bond donors (Lipinski definition) is 1. The van der Waals surface area contributed by atoms with Crippen molar-refractivity contribution in [3.63, 3.8) is 0 Å². The standard InChI is InChI=1S/C16H17BrF3N3O2/c1-3-25-15(24)14-22-12(13(19)20)7-23(14)8-16(2,21)10-6-9(17)4-5-11(10)18/h4-7,13H,3,8,21H2,1-2H3. The Kier molecular flexibility index (Phi) is 5.89. The van der Waals surface area contributed by atoms with Gasteiger partial charge in [-0.25, -0.2) is 22.9 Å². The molecule has 0 radical (unpaired) electrons. The maximum absolute atomic E-state index is 14.1. The van der Waals surface area contributed by atoms with Crippen LogP contribution in [-0.2, 0) is 16.8 Å². The molecule has 0 spiro atoms. The van der Waals surface area contributed by atoms with Crippen molar-refractivity contribution >= 4 is 21.9 Å². The third kappa shape index (κ3) is 4.40. The molecule has 25 heavy (non-hydrogen) atoms. The van der Waals surface area contributed by atoms with Crippen molar-refractivity contribution in [3.05, 3.63) is 51.8 Å². The first kappa shape index (κ1) is 19.5. The summed E-state index contributed by atoms with van der Waals surface area (Å²) in [5.41, 5.74) is 4.53. The fraction of sp³-hybridized carbons (Fsp3) is 0.375. The number of aromatic nitrogens is 2. The lowest BCUT2D eigenvalue weighted by Crippen LogP contribution is -2.39. The van der Waals surface area contributed by atoms with Gasteiger partial charge in [0.05, 0.1) is 12.1 Å². The Labute approximate surface area is 151 Å². The number of carbonyl (C=O) groups excluding carboxylic acids is 1. The predicted octanol–water partition coefficient (Wildman–Crippen LogP) is 3.77. The number of hydrogen-bond acceptors (Lipinski definition) is 4. The number of ether oxygens (including phenoxy) is 1. The zero-order valence-electron chi connectivity index (χ0n) is 13.6. The molecule has 1 aromatic carbocycles. The molecule has 1 heterocycles. The Balaban J connectivity index is 2.43. The van der Waals surface area contributed by atoms with Gasteiger partial charge in [-0.1, -0.05) is 15.9 Å². The number of nitrogens with zero attached hydrogens (tertiary/aromatic N) is 2. The fourth-order valence-electron chi connectivity index (χ4n) is 2.39. The van der Waals surface area contributed by atoms with Gasteiger partial charge in [0.15, 0.2) is 0 Å². The molecule has 5 nitrogen and oxygen atoms in total. The summed E-state index contributed by atoms with van der Waals surface area (Å²) < 4.78 is 46.7. The number of alkyl halides is 2. The van der Waals surface area contributed by atoms with Gasteiger partial charge in [0.2, 0.25) is 5.82 Å². The van der Waals surface area contributed by atoms with Gasteiger partial charge in [0, 0.05) is 22.8 Å². The van der Waals surface area contributed by atoms with Crippen molar-refractivity contribution < 1.29 is 22.7 Å². The van der Waals surface area contributed by atoms with Crippen molar-refractivity contribution in [2.24, 2.45) is 5.73 Å². The number of carbonyl (C=O) groups is 1. The molecule has 0 aliphatic carbocycles. The average Bonchev–Trinajstić information content (AvgIpc) is 2.93. The van der Waals surface area contributed by atoms with Crippen LogP contribution in [0.4, 0.5) is 13.2 Å². The second-order valence-electron chi connectivity index (χ2n) is 5.68. The number of esters is 1. The SMILES string of the molecule is CCOC(=O)c1nc(C(F)F)cn1CC(C)(N)c1cc(Br)ccc1F. The summed E-state index contributed by atoms with van der Waals surface area (Å²) in [5, 5.41) is 0. The van der Waals surface area contributed by atoms with Gasteiger partial charge < -0.3 is 15.0 Å². The Morgan fingerprint density at radius 2 is 2.16 bits per heavy atom. The molecule has 136 valence electrons. The summed E-state index contributed by atoms with van der Waals surface area (Å²) in [6.07, 6.45) is -1.83. The van der Waals surface area contributed by atoms with E-state index in [1.165, 1.54) is 29.7 Å². The van der Waals surface area contributed by atoms with Gasteiger partial charge in [0.25, 0.3) is 6.43 Å². The molecule has 0 aliphatic rings. The van der Waals surface area contributed by atoms with Crippen LogP contribution < -0.4 is 5.73 Å². The van der Waals surface area contributed by atoms with E-state index in [2.05, 4.69) is 20.9 Å². The van der Waals surface area contributed by atoms with Gasteiger partial charge in [0.1, 0.15) is 11.5 Å². The fourth-order valence-corrected chi connectivity index (χ4v) is 2.76. The van der Waals surface area contributed by atoms with Crippen LogP contribution in [0.5, 0.6) is 0 Å². The summed E-state index contributed by atoms with van der Waals surface area (Å²) in [5.74, 6) is -1.69. The Morgan fingerprint density at radius 1 is 1.48 bits per heavy atom. The number of rotatable bonds is 6. The second-order valence-corrected chi connectivity index (χ2v) is 6.60. The van der Waals surface area contributed by atoms with Crippen molar-refractivity contribution in [2.45, 2.75) is 32.4 Å². The lowest BCUT2D eigenvalue weighted by atomic mass is 9.92. The van der Waals surface area contributed by atoms with Gasteiger partial charge in [-0.3, -0.25) is 0 Å². The zero-order chi connectivity index (χ0) is 18.8. The molecule has 1 unspecified atom stereocenters. The molecule has 2 aromatic rings. The smallest absolute Gasteiger partial charge is 0.374 e. The highest BCUT2D eigenvalue weighted by Gasteiger charge is 2.30. The van der Waals surface area contributed by atoms with Gasteiger partial charge in [-0.05, 0) is 32.0 Å². The molecule has 0 fully saturated rings. The van der Waals surface area contributed by atoms with Crippen molar-refractivity contribution in [1.29, 1.82) is 0 Å². The largest absolute Gasteiger partial charge is 0.460 e. The van der Waals surface area contributed by atoms with Crippen molar-refractivity contribution in [2.75, 3.05) is 6.61 Å². The second kappa shape index (κ2) is 7.57. The molecule has 0 saturated carbocycles. The zero-order valence-corrected chi connectivity index (χ0v) is 15.2. The number of benzene rings is 1. The molecule has 1 aromatic heterocycles. The maximum Gasteiger partial charge on any atom is 0.374 e. The third-order valence-corrected chi connectivity index (χ3v) is 4.01. The summed E-state index contributed by atoms with van der Waals surface area (Å²) >= 11 is 3.24. The minimum Gasteiger partial charge on any atom is -0.460 e. The first-order valence-electron chi connectivity index (χ1n) is 7.42. The molecule has 0 aliphatic heterocycles. The van der Waals surface area contributed by atoms with E-state index in [0.29, 0.717) is 4.47 Å². The first-order chi connectivity index (χ1) is 11.7. The van der Waals surface area contributed by atoms with Crippen LogP contribution in [0.25, 0.3) is 0 Å². The van der Waals surface area contributed by atoms with Gasteiger partial charge in [-0.2, -0.15) is 0 Å². The highest BCUT2D eigenvalue weighted by atomic mass is 79.9. The molecular weight excluding hydrogens is 403 g/mol. The average molecular weight is 420 g/mol. The van der Waals surface area contributed by atoms with Crippen LogP contribution in [0.2, 0.25) is 0 Å². The normalized spacial score (nSPS) is 13.8. The van der Waals surface area contributed by atoms with Crippen LogP contribution in [-0.4, -0.2) is 22.1 Å². The van der Waals surface area contributed by atoms with E-state index in [9.17, 15) is 18.0 Å². The third-order valence-electron chi connectivity index (χ3n) is 3.52. The van der Waals surface area contributed by atoms with Crippen LogP contribution in [0.3, 0.4) is 0 Å². The molecule has 2 rings (SSSR count). The topological polar surface area (TPSA) is 70.1 Å². The Bertz CT molecular complexity index is 778. The molecular formula is C16H17BrF3N3O2. The quantitative estimate of drug-likeness (QED) is 0.723. The molecule has 0 amide bonds. The number of imidazole rings is 1. The lowest BCUT2D eigenvalue weighted by molar-refractivity contribution is 0.0504. The van der Waals surface area contributed by atoms with Crippen LogP contribution in [0.15, 0.2) is 28.9 Å². The summed E-state index contributed by atoms with van der Waals surface area (Å²) in [6, 6.07) is 4.27. The first-order valence-corrected chi connectivity index (χ1v) is 8.21. The minimum absolute atomic E-state index is 0.0653. The molecule has 2 N–H and O–H groups in total. The number of halogens is 4. The van der Waals surface area contributed by atoms with Gasteiger partial charge >= 0.3 is 5.97 Å². The van der Waals surface area contributed by atoms with Crippen LogP contribution in [0.1, 0.15) is 42.1 Å². The maximum atomic E-state index is 14.1. The van der Waals surface area contributed by atoms with E-state index in [1.807, 2.05) is 0 Å². The van der Waals surface area contributed by atoms with E-state index in [-0.39, 0.29) is 24.5 Å². The molecule has 0 saturated heterocycles. The van der Waals surface area contributed by atoms with Crippen LogP contribution in [0, 0.1) is 5.82 Å². The monoisotopic (exact) mass is 419 g/mol. The predicted molar refractivity (Wildman–Crippen MR) is 88.8 cm³/mol. The van der Waals surface area contributed by atoms with Crippen LogP contribution >= 0.6 is 15.9 Å². The van der Waals surface area contributed by atoms with E-state index < -0.39 is 29.4 Å². The highest BCUT2D eigenvalue weighted by Crippen LogP contribution is 2.28. The van der Waals surface area contributed by atoms with E-state index in [1.54, 1.807) is 6.92 Å². The van der Waals surface area contributed by atoms with Crippen molar-refractivity contribution in [1.82, 2.24) is 9.55 Å². The molecule has 0 bridgehead atoms. The van der Waals surface area contributed by atoms with Gasteiger partial charge in [-0.15, -0.1) is 0 Å². The summed E-state index contributed by atoms with van der Waals surface area (Å²) in [6.45, 7) is 3.04. The van der Waals surface area contributed by atoms with E-state index in [0.717, 1.165) is 6.20 Å². The highest BCUT2D eigenvalue weighted by molar-refractivity contribution is 9.10. The van der Waals surface area contributed by atoms with E-state index in [4.69, 9.17) is 10.5 Å². The Hall–Kier alpha value is -1.87. The summed E-state index contributed by atoms with van der Waals surface area (Å²) in [4.78, 5) is 15.6. The number of nitrogens with two attached hydrogens (primary N) is 1. The lowest BCUT2D eigenvalue weighted by Gasteiger charge is -2.27. The van der Waals surface area contributed by atoms with E-state index >= 15 is 0 Å². The van der Waals surface area contributed by atoms with Crippen molar-refractivity contribution in [3.8, 4) is 0 Å². The molecule has 9 heteroatoms. The molecule has 1 atom stereocenters.